The van der Waals surface area contributed by atoms with Crippen LogP contribution in [0, 0.1) is 18.8 Å². The van der Waals surface area contributed by atoms with Crippen LogP contribution in [-0.4, -0.2) is 19.2 Å². The van der Waals surface area contributed by atoms with E-state index in [4.69, 9.17) is 9.47 Å². The van der Waals surface area contributed by atoms with Crippen molar-refractivity contribution in [2.45, 2.75) is 33.0 Å². The average Bonchev–Trinajstić information content (AvgIpc) is 2.65. The Morgan fingerprint density at radius 2 is 1.94 bits per heavy atom. The van der Waals surface area contributed by atoms with Crippen molar-refractivity contribution < 1.29 is 14.3 Å². The van der Waals surface area contributed by atoms with Crippen LogP contribution in [0.4, 0.5) is 0 Å². The van der Waals surface area contributed by atoms with E-state index < -0.39 is 0 Å². The fourth-order valence-electron chi connectivity index (χ4n) is 2.65. The molecule has 3 nitrogen and oxygen atoms in total. The van der Waals surface area contributed by atoms with Gasteiger partial charge >= 0.3 is 5.97 Å². The van der Waals surface area contributed by atoms with E-state index in [0.29, 0.717) is 0 Å². The van der Waals surface area contributed by atoms with Gasteiger partial charge in [0, 0.05) is 0 Å². The lowest BCUT2D eigenvalue weighted by molar-refractivity contribution is -0.148. The summed E-state index contributed by atoms with van der Waals surface area (Å²) in [6.07, 6.45) is -0.123. The van der Waals surface area contributed by atoms with Crippen LogP contribution in [0.15, 0.2) is 24.3 Å². The molecule has 0 aliphatic carbocycles. The molecule has 18 heavy (non-hydrogen) atoms. The number of carbonyl (C=O) groups excluding carboxylic acids is 1. The second-order valence-electron chi connectivity index (χ2n) is 5.03. The molecule has 0 bridgehead atoms. The van der Waals surface area contributed by atoms with Crippen LogP contribution in [0.5, 0.6) is 0 Å². The highest BCUT2D eigenvalue weighted by Crippen LogP contribution is 2.43. The Bertz CT molecular complexity index is 441. The minimum absolute atomic E-state index is 0.0682. The molecule has 1 saturated heterocycles. The van der Waals surface area contributed by atoms with E-state index in [-0.39, 0.29) is 30.0 Å². The molecular weight excluding hydrogens is 228 g/mol. The molecule has 4 atom stereocenters. The van der Waals surface area contributed by atoms with Gasteiger partial charge in [-0.2, -0.15) is 0 Å². The lowest BCUT2D eigenvalue weighted by Gasteiger charge is -2.20. The van der Waals surface area contributed by atoms with Gasteiger partial charge in [-0.15, -0.1) is 0 Å². The van der Waals surface area contributed by atoms with Crippen molar-refractivity contribution >= 4 is 5.97 Å². The Hall–Kier alpha value is -1.35. The molecule has 1 aromatic carbocycles. The largest absolute Gasteiger partial charge is 0.469 e. The van der Waals surface area contributed by atoms with Crippen molar-refractivity contribution in [3.8, 4) is 0 Å². The summed E-state index contributed by atoms with van der Waals surface area (Å²) in [5, 5.41) is 0. The maximum Gasteiger partial charge on any atom is 0.312 e. The summed E-state index contributed by atoms with van der Waals surface area (Å²) < 4.78 is 10.9. The van der Waals surface area contributed by atoms with Gasteiger partial charge in [0.25, 0.3) is 0 Å². The van der Waals surface area contributed by atoms with Crippen LogP contribution < -0.4 is 0 Å². The Morgan fingerprint density at radius 3 is 2.56 bits per heavy atom. The van der Waals surface area contributed by atoms with Gasteiger partial charge in [0.1, 0.15) is 0 Å². The third-order valence-electron chi connectivity index (χ3n) is 3.96. The number of ether oxygens (including phenoxy) is 2. The molecule has 1 heterocycles. The molecule has 4 unspecified atom stereocenters. The van der Waals surface area contributed by atoms with Crippen molar-refractivity contribution in [3.05, 3.63) is 35.4 Å². The first kappa shape index (κ1) is 13.1. The van der Waals surface area contributed by atoms with E-state index in [0.717, 1.165) is 11.1 Å². The summed E-state index contributed by atoms with van der Waals surface area (Å²) in [5.41, 5.74) is 2.24. The Balaban J connectivity index is 2.37. The van der Waals surface area contributed by atoms with Crippen LogP contribution in [-0.2, 0) is 14.3 Å². The van der Waals surface area contributed by atoms with Gasteiger partial charge < -0.3 is 9.47 Å². The van der Waals surface area contributed by atoms with Crippen molar-refractivity contribution in [3.63, 3.8) is 0 Å². The zero-order chi connectivity index (χ0) is 13.3. The van der Waals surface area contributed by atoms with Crippen LogP contribution in [0.1, 0.15) is 31.1 Å². The van der Waals surface area contributed by atoms with Crippen molar-refractivity contribution in [2.24, 2.45) is 11.8 Å². The van der Waals surface area contributed by atoms with Crippen LogP contribution in [0.2, 0.25) is 0 Å². The smallest absolute Gasteiger partial charge is 0.312 e. The highest BCUT2D eigenvalue weighted by molar-refractivity contribution is 5.74. The van der Waals surface area contributed by atoms with E-state index in [2.05, 4.69) is 0 Å². The summed E-state index contributed by atoms with van der Waals surface area (Å²) in [6, 6.07) is 8.04. The highest BCUT2D eigenvalue weighted by Gasteiger charge is 2.45. The number of hydrogen-bond donors (Lipinski definition) is 0. The van der Waals surface area contributed by atoms with Crippen molar-refractivity contribution in [1.29, 1.82) is 0 Å². The molecule has 3 heteroatoms. The Kier molecular flexibility index (Phi) is 3.71. The van der Waals surface area contributed by atoms with Gasteiger partial charge in [0.2, 0.25) is 0 Å². The van der Waals surface area contributed by atoms with Crippen LogP contribution in [0.3, 0.4) is 0 Å². The predicted octanol–water partition coefficient (Wildman–Crippen LogP) is 2.88. The molecule has 1 aliphatic heterocycles. The summed E-state index contributed by atoms with van der Waals surface area (Å²) in [5.74, 6) is -0.228. The molecule has 0 saturated carbocycles. The molecule has 0 aromatic heterocycles. The summed E-state index contributed by atoms with van der Waals surface area (Å²) >= 11 is 0. The van der Waals surface area contributed by atoms with Gasteiger partial charge in [-0.25, -0.2) is 0 Å². The molecule has 2 rings (SSSR count). The van der Waals surface area contributed by atoms with E-state index in [1.54, 1.807) is 0 Å². The minimum atomic E-state index is -0.217. The lowest BCUT2D eigenvalue weighted by Crippen LogP contribution is -2.25. The maximum absolute atomic E-state index is 12.0. The van der Waals surface area contributed by atoms with Crippen molar-refractivity contribution in [2.75, 3.05) is 7.11 Å². The first-order valence-electron chi connectivity index (χ1n) is 6.35. The third-order valence-corrected chi connectivity index (χ3v) is 3.96. The number of esters is 1. The van der Waals surface area contributed by atoms with Crippen molar-refractivity contribution in [1.82, 2.24) is 0 Å². The molecule has 1 aliphatic rings. The van der Waals surface area contributed by atoms with E-state index in [9.17, 15) is 4.79 Å². The van der Waals surface area contributed by atoms with E-state index in [1.165, 1.54) is 7.11 Å². The summed E-state index contributed by atoms with van der Waals surface area (Å²) in [7, 11) is 1.44. The predicted molar refractivity (Wildman–Crippen MR) is 69.1 cm³/mol. The maximum atomic E-state index is 12.0. The Morgan fingerprint density at radius 1 is 1.28 bits per heavy atom. The minimum Gasteiger partial charge on any atom is -0.469 e. The zero-order valence-corrected chi connectivity index (χ0v) is 11.3. The van der Waals surface area contributed by atoms with E-state index >= 15 is 0 Å². The van der Waals surface area contributed by atoms with Crippen LogP contribution in [0.25, 0.3) is 0 Å². The second kappa shape index (κ2) is 5.11. The van der Waals surface area contributed by atoms with E-state index in [1.807, 2.05) is 45.0 Å². The van der Waals surface area contributed by atoms with Gasteiger partial charge in [-0.05, 0) is 30.9 Å². The fraction of sp³-hybridized carbons (Fsp3) is 0.533. The fourth-order valence-corrected chi connectivity index (χ4v) is 2.65. The monoisotopic (exact) mass is 248 g/mol. The van der Waals surface area contributed by atoms with Crippen LogP contribution >= 0.6 is 0 Å². The number of rotatable bonds is 2. The number of benzene rings is 1. The first-order valence-corrected chi connectivity index (χ1v) is 6.35. The van der Waals surface area contributed by atoms with Gasteiger partial charge in [-0.1, -0.05) is 31.2 Å². The molecule has 1 aromatic rings. The molecule has 0 radical (unpaired) electrons. The lowest BCUT2D eigenvalue weighted by atomic mass is 9.85. The molecule has 0 amide bonds. The highest BCUT2D eigenvalue weighted by atomic mass is 16.5. The first-order chi connectivity index (χ1) is 8.56. The number of methoxy groups -OCH3 is 1. The normalized spacial score (nSPS) is 31.3. The number of hydrogen-bond acceptors (Lipinski definition) is 3. The Labute approximate surface area is 108 Å². The SMILES string of the molecule is COC(=O)C1C(c2ccccc2C)OC(C)C1C. The zero-order valence-electron chi connectivity index (χ0n) is 11.3. The molecule has 0 spiro atoms. The molecule has 98 valence electrons. The van der Waals surface area contributed by atoms with Gasteiger partial charge in [0.05, 0.1) is 25.2 Å². The topological polar surface area (TPSA) is 35.5 Å². The summed E-state index contributed by atoms with van der Waals surface area (Å²) in [6.45, 7) is 6.10. The number of aryl methyl sites for hydroxylation is 1. The third kappa shape index (κ3) is 2.15. The standard InChI is InChI=1S/C15H20O3/c1-9-7-5-6-8-12(9)14-13(15(16)17-4)10(2)11(3)18-14/h5-8,10-11,13-14H,1-4H3. The van der Waals surface area contributed by atoms with Gasteiger partial charge in [0.15, 0.2) is 0 Å². The van der Waals surface area contributed by atoms with Gasteiger partial charge in [-0.3, -0.25) is 4.79 Å². The summed E-state index contributed by atoms with van der Waals surface area (Å²) in [4.78, 5) is 12.0. The molecule has 0 N–H and O–H groups in total. The number of carbonyl (C=O) groups is 1. The molecule has 1 fully saturated rings. The molecular formula is C15H20O3. The average molecular weight is 248 g/mol. The second-order valence-corrected chi connectivity index (χ2v) is 5.03. The quantitative estimate of drug-likeness (QED) is 0.755.